The number of aromatic nitrogens is 2. The molecule has 134 valence electrons. The van der Waals surface area contributed by atoms with Crippen molar-refractivity contribution >= 4 is 6.03 Å². The Morgan fingerprint density at radius 3 is 2.68 bits per heavy atom. The Morgan fingerprint density at radius 2 is 2.08 bits per heavy atom. The molecule has 1 aromatic carbocycles. The third kappa shape index (κ3) is 3.85. The summed E-state index contributed by atoms with van der Waals surface area (Å²) in [6.07, 6.45) is 2.11. The summed E-state index contributed by atoms with van der Waals surface area (Å²) in [6.45, 7) is 6.22. The molecule has 25 heavy (non-hydrogen) atoms. The van der Waals surface area contributed by atoms with E-state index in [1.807, 2.05) is 55.8 Å². The van der Waals surface area contributed by atoms with Crippen molar-refractivity contribution in [3.8, 4) is 5.69 Å². The molecule has 1 aliphatic rings. The van der Waals surface area contributed by atoms with Crippen molar-refractivity contribution in [3.63, 3.8) is 0 Å². The van der Waals surface area contributed by atoms with Crippen LogP contribution in [0.5, 0.6) is 0 Å². The minimum Gasteiger partial charge on any atom is -0.394 e. The molecule has 1 aromatic heterocycles. The normalized spacial score (nSPS) is 16.3. The average molecular weight is 342 g/mol. The van der Waals surface area contributed by atoms with Crippen molar-refractivity contribution < 1.29 is 9.90 Å². The Morgan fingerprint density at radius 1 is 1.36 bits per heavy atom. The van der Waals surface area contributed by atoms with Gasteiger partial charge in [-0.3, -0.25) is 0 Å². The molecular formula is C19H26N4O2. The van der Waals surface area contributed by atoms with Gasteiger partial charge in [0.1, 0.15) is 0 Å². The van der Waals surface area contributed by atoms with Gasteiger partial charge in [-0.15, -0.1) is 0 Å². The number of carbonyl (C=O) groups is 1. The molecular weight excluding hydrogens is 316 g/mol. The van der Waals surface area contributed by atoms with Crippen molar-refractivity contribution in [1.29, 1.82) is 0 Å². The number of aryl methyl sites for hydroxylation is 2. The maximum Gasteiger partial charge on any atom is 0.315 e. The Kier molecular flexibility index (Phi) is 4.81. The number of nitrogens with zero attached hydrogens (tertiary/aromatic N) is 2. The van der Waals surface area contributed by atoms with E-state index in [1.54, 1.807) is 0 Å². The van der Waals surface area contributed by atoms with E-state index in [4.69, 9.17) is 0 Å². The fraction of sp³-hybridized carbons (Fsp3) is 0.474. The van der Waals surface area contributed by atoms with Crippen molar-refractivity contribution in [3.05, 3.63) is 47.3 Å². The van der Waals surface area contributed by atoms with Crippen LogP contribution >= 0.6 is 0 Å². The van der Waals surface area contributed by atoms with Gasteiger partial charge in [0.25, 0.3) is 0 Å². The van der Waals surface area contributed by atoms with E-state index >= 15 is 0 Å². The lowest BCUT2D eigenvalue weighted by molar-refractivity contribution is 0.155. The molecule has 2 amide bonds. The number of amides is 2. The summed E-state index contributed by atoms with van der Waals surface area (Å²) in [5.74, 6) is 0.366. The molecule has 6 nitrogen and oxygen atoms in total. The first kappa shape index (κ1) is 17.5. The minimum absolute atomic E-state index is 0.0482. The van der Waals surface area contributed by atoms with Crippen LogP contribution in [0.1, 0.15) is 36.7 Å². The summed E-state index contributed by atoms with van der Waals surface area (Å²) >= 11 is 0. The second-order valence-electron chi connectivity index (χ2n) is 7.13. The first-order valence-electron chi connectivity index (χ1n) is 8.71. The topological polar surface area (TPSA) is 79.2 Å². The molecule has 0 aliphatic heterocycles. The molecule has 0 saturated heterocycles. The third-order valence-corrected chi connectivity index (χ3v) is 4.87. The van der Waals surface area contributed by atoms with Gasteiger partial charge in [0.2, 0.25) is 0 Å². The van der Waals surface area contributed by atoms with E-state index in [1.165, 1.54) is 0 Å². The predicted molar refractivity (Wildman–Crippen MR) is 96.6 cm³/mol. The van der Waals surface area contributed by atoms with Crippen LogP contribution in [0.25, 0.3) is 5.69 Å². The molecule has 3 N–H and O–H groups in total. The lowest BCUT2D eigenvalue weighted by atomic mass is 9.97. The summed E-state index contributed by atoms with van der Waals surface area (Å²) in [5, 5.41) is 20.0. The number of nitrogens with one attached hydrogen (secondary N) is 2. The summed E-state index contributed by atoms with van der Waals surface area (Å²) < 4.78 is 1.90. The molecule has 0 radical (unpaired) electrons. The van der Waals surface area contributed by atoms with Gasteiger partial charge < -0.3 is 15.7 Å². The number of para-hydroxylation sites is 1. The van der Waals surface area contributed by atoms with Crippen LogP contribution in [0.2, 0.25) is 0 Å². The van der Waals surface area contributed by atoms with E-state index in [-0.39, 0.29) is 12.6 Å². The highest BCUT2D eigenvalue weighted by Gasteiger charge is 2.42. The van der Waals surface area contributed by atoms with Gasteiger partial charge in [-0.25, -0.2) is 9.48 Å². The predicted octanol–water partition coefficient (Wildman–Crippen LogP) is 2.45. The second-order valence-corrected chi connectivity index (χ2v) is 7.13. The van der Waals surface area contributed by atoms with Crippen LogP contribution in [-0.2, 0) is 6.54 Å². The minimum atomic E-state index is -0.542. The Labute approximate surface area is 148 Å². The molecule has 0 spiro atoms. The van der Waals surface area contributed by atoms with Crippen LogP contribution in [0.4, 0.5) is 4.79 Å². The molecule has 1 heterocycles. The van der Waals surface area contributed by atoms with E-state index in [9.17, 15) is 9.90 Å². The summed E-state index contributed by atoms with van der Waals surface area (Å²) in [4.78, 5) is 12.3. The Hall–Kier alpha value is -2.34. The molecule has 6 heteroatoms. The van der Waals surface area contributed by atoms with Crippen LogP contribution < -0.4 is 10.6 Å². The van der Waals surface area contributed by atoms with Gasteiger partial charge in [0.05, 0.1) is 23.5 Å². The zero-order valence-electron chi connectivity index (χ0n) is 15.0. The fourth-order valence-electron chi connectivity index (χ4n) is 3.21. The SMILES string of the molecule is Cc1cc(C)n(-c2ccccc2CNC(=O)NC(C)(CO)C2CC2)n1. The van der Waals surface area contributed by atoms with Crippen LogP contribution in [0.3, 0.4) is 0 Å². The summed E-state index contributed by atoms with van der Waals surface area (Å²) in [7, 11) is 0. The monoisotopic (exact) mass is 342 g/mol. The number of aliphatic hydroxyl groups excluding tert-OH is 1. The van der Waals surface area contributed by atoms with Gasteiger partial charge in [0, 0.05) is 12.2 Å². The van der Waals surface area contributed by atoms with Crippen LogP contribution in [0.15, 0.2) is 30.3 Å². The fourth-order valence-corrected chi connectivity index (χ4v) is 3.21. The van der Waals surface area contributed by atoms with Crippen LogP contribution in [-0.4, -0.2) is 33.1 Å². The van der Waals surface area contributed by atoms with Crippen LogP contribution in [0, 0.1) is 19.8 Å². The first-order valence-corrected chi connectivity index (χ1v) is 8.71. The number of hydrogen-bond acceptors (Lipinski definition) is 3. The lowest BCUT2D eigenvalue weighted by Crippen LogP contribution is -2.53. The zero-order valence-corrected chi connectivity index (χ0v) is 15.0. The van der Waals surface area contributed by atoms with E-state index < -0.39 is 5.54 Å². The second kappa shape index (κ2) is 6.88. The third-order valence-electron chi connectivity index (χ3n) is 4.87. The smallest absolute Gasteiger partial charge is 0.315 e. The van der Waals surface area contributed by atoms with Crippen molar-refractivity contribution in [1.82, 2.24) is 20.4 Å². The maximum absolute atomic E-state index is 12.3. The first-order chi connectivity index (χ1) is 11.9. The van der Waals surface area contributed by atoms with Gasteiger partial charge in [-0.2, -0.15) is 5.10 Å². The number of aliphatic hydroxyl groups is 1. The molecule has 1 unspecified atom stereocenters. The summed E-state index contributed by atoms with van der Waals surface area (Å²) in [6, 6.07) is 9.66. The molecule has 0 bridgehead atoms. The van der Waals surface area contributed by atoms with Gasteiger partial charge >= 0.3 is 6.03 Å². The number of carbonyl (C=O) groups excluding carboxylic acids is 1. The average Bonchev–Trinajstić information content (AvgIpc) is 3.39. The molecule has 1 atom stereocenters. The van der Waals surface area contributed by atoms with Crippen molar-refractivity contribution in [2.75, 3.05) is 6.61 Å². The van der Waals surface area contributed by atoms with E-state index in [0.29, 0.717) is 12.5 Å². The number of urea groups is 1. The van der Waals surface area contributed by atoms with Crippen molar-refractivity contribution in [2.45, 2.75) is 45.7 Å². The lowest BCUT2D eigenvalue weighted by Gasteiger charge is -2.28. The molecule has 2 aromatic rings. The van der Waals surface area contributed by atoms with Gasteiger partial charge in [0.15, 0.2) is 0 Å². The maximum atomic E-state index is 12.3. The highest BCUT2D eigenvalue weighted by atomic mass is 16.3. The highest BCUT2D eigenvalue weighted by Crippen LogP contribution is 2.39. The van der Waals surface area contributed by atoms with Gasteiger partial charge in [-0.05, 0) is 57.2 Å². The highest BCUT2D eigenvalue weighted by molar-refractivity contribution is 5.75. The zero-order chi connectivity index (χ0) is 18.0. The Bertz CT molecular complexity index is 767. The molecule has 1 aliphatic carbocycles. The van der Waals surface area contributed by atoms with E-state index in [2.05, 4.69) is 15.7 Å². The summed E-state index contributed by atoms with van der Waals surface area (Å²) in [5.41, 5.74) is 3.41. The van der Waals surface area contributed by atoms with Crippen molar-refractivity contribution in [2.24, 2.45) is 5.92 Å². The van der Waals surface area contributed by atoms with E-state index in [0.717, 1.165) is 35.5 Å². The molecule has 1 fully saturated rings. The quantitative estimate of drug-likeness (QED) is 0.754. The largest absolute Gasteiger partial charge is 0.394 e. The van der Waals surface area contributed by atoms with Gasteiger partial charge in [-0.1, -0.05) is 18.2 Å². The number of hydrogen-bond donors (Lipinski definition) is 3. The standard InChI is InChI=1S/C19H26N4O2/c1-13-10-14(2)23(22-13)17-7-5-4-6-15(17)11-20-18(25)21-19(3,12-24)16-8-9-16/h4-7,10,16,24H,8-9,11-12H2,1-3H3,(H2,20,21,25). The number of benzene rings is 1. The number of rotatable bonds is 6. The Balaban J connectivity index is 1.69. The molecule has 3 rings (SSSR count). The molecule has 1 saturated carbocycles.